The van der Waals surface area contributed by atoms with Crippen molar-refractivity contribution in [2.75, 3.05) is 46.1 Å². The van der Waals surface area contributed by atoms with Crippen LogP contribution in [0.5, 0.6) is 0 Å². The number of nitrogens with one attached hydrogen (secondary N) is 1. The SMILES string of the molecule is C[C@@H]1O[C@H](OCCNCC(CCCC(=O)ON2C(=O)CCC2=O)CCO[C@H]2O[C@H](CO[C@H]3O[C@H](CO)[C@@H](O)[C@H](O)[C@@H]3O)[C@@H](O)[C@H](O[C@H]3O[C@H](CO)[C@@H](O)[C@H](O)[C@@H]3O)[C@@H]2O)[C@@H](O)[C@H](O)[C@@H]1O. The van der Waals surface area contributed by atoms with Gasteiger partial charge in [-0.1, -0.05) is 0 Å². The molecule has 5 aliphatic heterocycles. The lowest BCUT2D eigenvalue weighted by Crippen LogP contribution is -2.65. The molecule has 21 atom stereocenters. The summed E-state index contributed by atoms with van der Waals surface area (Å²) in [6, 6.07) is 0. The number of carbonyl (C=O) groups excluding carboxylic acids is 3. The van der Waals surface area contributed by atoms with E-state index in [1.807, 2.05) is 0 Å². The molecule has 376 valence electrons. The van der Waals surface area contributed by atoms with Gasteiger partial charge in [-0.15, -0.1) is 5.06 Å². The molecule has 5 aliphatic rings. The summed E-state index contributed by atoms with van der Waals surface area (Å²) >= 11 is 0. The van der Waals surface area contributed by atoms with Crippen molar-refractivity contribution in [3.05, 3.63) is 0 Å². The van der Waals surface area contributed by atoms with Crippen molar-refractivity contribution in [1.29, 1.82) is 0 Å². The molecule has 0 radical (unpaired) electrons. The number of hydrogen-bond acceptors (Lipinski definition) is 26. The fourth-order valence-corrected chi connectivity index (χ4v) is 7.81. The van der Waals surface area contributed by atoms with Gasteiger partial charge in [0, 0.05) is 25.8 Å². The Morgan fingerprint density at radius 3 is 1.77 bits per heavy atom. The second-order valence-corrected chi connectivity index (χ2v) is 16.6. The van der Waals surface area contributed by atoms with Crippen LogP contribution in [0.15, 0.2) is 0 Å². The van der Waals surface area contributed by atoms with Crippen molar-refractivity contribution < 1.29 is 124 Å². The first kappa shape index (κ1) is 53.7. The smallest absolute Gasteiger partial charge is 0.333 e. The first-order chi connectivity index (χ1) is 30.9. The molecule has 0 saturated carbocycles. The maximum Gasteiger partial charge on any atom is 0.333 e. The Balaban J connectivity index is 1.23. The van der Waals surface area contributed by atoms with E-state index in [2.05, 4.69) is 5.32 Å². The number of hydrogen-bond donors (Lipinski definition) is 14. The Kier molecular flexibility index (Phi) is 20.5. The van der Waals surface area contributed by atoms with Gasteiger partial charge in [0.15, 0.2) is 25.2 Å². The zero-order chi connectivity index (χ0) is 47.7. The van der Waals surface area contributed by atoms with Gasteiger partial charge in [0.1, 0.15) is 91.6 Å². The zero-order valence-electron chi connectivity index (χ0n) is 35.5. The minimum absolute atomic E-state index is 0.0163. The average Bonchev–Trinajstić information content (AvgIpc) is 3.60. The van der Waals surface area contributed by atoms with Crippen LogP contribution in [0.2, 0.25) is 0 Å². The van der Waals surface area contributed by atoms with Crippen molar-refractivity contribution in [2.45, 2.75) is 168 Å². The van der Waals surface area contributed by atoms with E-state index in [0.717, 1.165) is 0 Å². The molecule has 1 unspecified atom stereocenters. The van der Waals surface area contributed by atoms with Gasteiger partial charge in [0.25, 0.3) is 11.8 Å². The quantitative estimate of drug-likeness (QED) is 0.0354. The van der Waals surface area contributed by atoms with E-state index in [1.165, 1.54) is 6.92 Å². The predicted octanol–water partition coefficient (Wildman–Crippen LogP) is -8.33. The van der Waals surface area contributed by atoms with Crippen LogP contribution in [0.25, 0.3) is 0 Å². The van der Waals surface area contributed by atoms with Crippen molar-refractivity contribution >= 4 is 17.8 Å². The molecule has 0 spiro atoms. The summed E-state index contributed by atoms with van der Waals surface area (Å²) in [5.41, 5.74) is 0. The number of hydroxylamine groups is 2. The molecule has 27 heteroatoms. The third-order valence-corrected chi connectivity index (χ3v) is 11.9. The topological polar surface area (TPSA) is 413 Å². The van der Waals surface area contributed by atoms with E-state index >= 15 is 0 Å². The summed E-state index contributed by atoms with van der Waals surface area (Å²) in [4.78, 5) is 41.3. The molecule has 0 aromatic rings. The number of aliphatic hydroxyl groups excluding tert-OH is 13. The van der Waals surface area contributed by atoms with E-state index in [1.54, 1.807) is 0 Å². The first-order valence-electron chi connectivity index (χ1n) is 21.5. The molecule has 0 aromatic heterocycles. The van der Waals surface area contributed by atoms with Crippen LogP contribution in [0.1, 0.15) is 45.4 Å². The lowest BCUT2D eigenvalue weighted by Gasteiger charge is -2.46. The Labute approximate surface area is 371 Å². The van der Waals surface area contributed by atoms with Crippen LogP contribution in [0, 0.1) is 5.92 Å². The van der Waals surface area contributed by atoms with E-state index in [0.29, 0.717) is 11.5 Å². The number of nitrogens with zero attached hydrogens (tertiary/aromatic N) is 1. The molecule has 14 N–H and O–H groups in total. The monoisotopic (exact) mass is 948 g/mol. The lowest BCUT2D eigenvalue weighted by atomic mass is 9.96. The van der Waals surface area contributed by atoms with Gasteiger partial charge < -0.3 is 114 Å². The molecule has 5 rings (SSSR count). The maximum atomic E-state index is 12.5. The van der Waals surface area contributed by atoms with Crippen molar-refractivity contribution in [3.63, 3.8) is 0 Å². The largest absolute Gasteiger partial charge is 0.394 e. The molecule has 65 heavy (non-hydrogen) atoms. The van der Waals surface area contributed by atoms with Gasteiger partial charge in [-0.3, -0.25) is 9.59 Å². The van der Waals surface area contributed by atoms with Crippen LogP contribution < -0.4 is 5.32 Å². The van der Waals surface area contributed by atoms with Crippen LogP contribution >= 0.6 is 0 Å². The minimum atomic E-state index is -1.95. The first-order valence-corrected chi connectivity index (χ1v) is 21.5. The van der Waals surface area contributed by atoms with E-state index in [9.17, 15) is 80.8 Å². The summed E-state index contributed by atoms with van der Waals surface area (Å²) < 4.78 is 44.9. The van der Waals surface area contributed by atoms with E-state index in [-0.39, 0.29) is 64.3 Å². The summed E-state index contributed by atoms with van der Waals surface area (Å²) in [6.45, 7) is -0.522. The number of rotatable bonds is 22. The average molecular weight is 949 g/mol. The Morgan fingerprint density at radius 1 is 0.631 bits per heavy atom. The molecule has 0 bridgehead atoms. The Hall–Kier alpha value is -2.27. The van der Waals surface area contributed by atoms with Crippen molar-refractivity contribution in [3.8, 4) is 0 Å². The predicted molar refractivity (Wildman–Crippen MR) is 205 cm³/mol. The second kappa shape index (κ2) is 24.8. The molecule has 5 fully saturated rings. The van der Waals surface area contributed by atoms with Crippen molar-refractivity contribution in [1.82, 2.24) is 10.4 Å². The summed E-state index contributed by atoms with van der Waals surface area (Å²) in [5.74, 6) is -2.42. The van der Waals surface area contributed by atoms with Crippen LogP contribution in [0.4, 0.5) is 0 Å². The highest BCUT2D eigenvalue weighted by atomic mass is 16.8. The van der Waals surface area contributed by atoms with Crippen molar-refractivity contribution in [2.24, 2.45) is 5.92 Å². The molecule has 27 nitrogen and oxygen atoms in total. The van der Waals surface area contributed by atoms with Crippen LogP contribution in [0.3, 0.4) is 0 Å². The van der Waals surface area contributed by atoms with Crippen LogP contribution in [-0.2, 0) is 57.1 Å². The Morgan fingerprint density at radius 2 is 1.15 bits per heavy atom. The molecule has 5 heterocycles. The summed E-state index contributed by atoms with van der Waals surface area (Å²) in [6.07, 6.45) is -31.9. The molecule has 0 aromatic carbocycles. The third kappa shape index (κ3) is 13.5. The molecule has 0 aliphatic carbocycles. The van der Waals surface area contributed by atoms with Gasteiger partial charge in [-0.2, -0.15) is 0 Å². The summed E-state index contributed by atoms with van der Waals surface area (Å²) in [5, 5.41) is 138. The van der Waals surface area contributed by atoms with Gasteiger partial charge in [-0.05, 0) is 38.6 Å². The minimum Gasteiger partial charge on any atom is -0.394 e. The maximum absolute atomic E-state index is 12.5. The van der Waals surface area contributed by atoms with Gasteiger partial charge >= 0.3 is 5.97 Å². The highest BCUT2D eigenvalue weighted by Crippen LogP contribution is 2.32. The Bertz CT molecular complexity index is 1480. The third-order valence-electron chi connectivity index (χ3n) is 11.9. The highest BCUT2D eigenvalue weighted by Gasteiger charge is 2.52. The fourth-order valence-electron chi connectivity index (χ4n) is 7.81. The number of ether oxygens (including phenoxy) is 8. The normalized spacial score (nSPS) is 42.0. The number of imide groups is 1. The van der Waals surface area contributed by atoms with E-state index in [4.69, 9.17) is 42.7 Å². The second-order valence-electron chi connectivity index (χ2n) is 16.6. The molecular formula is C38H64N2O25. The summed E-state index contributed by atoms with van der Waals surface area (Å²) in [7, 11) is 0. The number of aliphatic hydroxyl groups is 13. The lowest BCUT2D eigenvalue weighted by molar-refractivity contribution is -0.366. The number of amides is 2. The van der Waals surface area contributed by atoms with Gasteiger partial charge in [0.05, 0.1) is 39.1 Å². The van der Waals surface area contributed by atoms with Crippen LogP contribution in [-0.4, -0.2) is 258 Å². The zero-order valence-corrected chi connectivity index (χ0v) is 35.5. The van der Waals surface area contributed by atoms with Gasteiger partial charge in [0.2, 0.25) is 0 Å². The standard InChI is InChI=1S/C38H64N2O25/c1-15-23(46)27(50)30(53)35(60-15)58-10-8-39-11-16(3-2-4-22(45)65-40-20(43)5-6-21(40)44)7-9-57-37-33(56)34(64-38-32(55)29(52)25(48)18(13-42)62-38)26(49)19(63-37)14-59-36-31(54)28(51)24(47)17(12-41)61-36/h15-19,23-39,41-42,46-56H,2-14H2,1H3/t15-,16?,17+,18+,19+,23+,24+,25+,26+,27+,28-,29-,30-,31-,32-,33-,34-,35-,36-,37-,38+/m0/s1. The van der Waals surface area contributed by atoms with E-state index < -0.39 is 160 Å². The molecular weight excluding hydrogens is 884 g/mol. The fraction of sp³-hybridized carbons (Fsp3) is 0.921. The molecule has 5 saturated heterocycles. The van der Waals surface area contributed by atoms with Gasteiger partial charge in [-0.25, -0.2) is 4.79 Å². The molecule has 2 amide bonds. The highest BCUT2D eigenvalue weighted by molar-refractivity contribution is 6.01. The number of carbonyl (C=O) groups is 3.